The predicted octanol–water partition coefficient (Wildman–Crippen LogP) is 4.40. The molecule has 2 nitrogen and oxygen atoms in total. The standard InChI is InChI=1S/C16H16N2S/c1-11-6-7-15(14(17)8-11)18-10-13-9-12-4-2-3-5-16(12)19-13/h2-9,18H,10,17H2,1H3. The molecule has 0 saturated heterocycles. The van der Waals surface area contributed by atoms with Gasteiger partial charge >= 0.3 is 0 Å². The van der Waals surface area contributed by atoms with Crippen molar-refractivity contribution in [1.82, 2.24) is 0 Å². The molecule has 0 amide bonds. The number of nitrogen functional groups attached to an aromatic ring is 1. The van der Waals surface area contributed by atoms with Crippen LogP contribution in [-0.2, 0) is 6.54 Å². The lowest BCUT2D eigenvalue weighted by molar-refractivity contribution is 1.19. The maximum absolute atomic E-state index is 6.00. The third-order valence-corrected chi connectivity index (χ3v) is 4.25. The van der Waals surface area contributed by atoms with E-state index in [0.29, 0.717) is 0 Å². The molecule has 2 aromatic carbocycles. The molecule has 3 aromatic rings. The summed E-state index contributed by atoms with van der Waals surface area (Å²) in [6.07, 6.45) is 0. The van der Waals surface area contributed by atoms with Crippen molar-refractivity contribution < 1.29 is 0 Å². The zero-order valence-electron chi connectivity index (χ0n) is 10.8. The Labute approximate surface area is 116 Å². The van der Waals surface area contributed by atoms with E-state index in [1.165, 1.54) is 20.5 Å². The van der Waals surface area contributed by atoms with Crippen LogP contribution in [0.3, 0.4) is 0 Å². The summed E-state index contributed by atoms with van der Waals surface area (Å²) in [5.74, 6) is 0. The van der Waals surface area contributed by atoms with Crippen LogP contribution in [0, 0.1) is 6.92 Å². The monoisotopic (exact) mass is 268 g/mol. The molecule has 0 atom stereocenters. The average Bonchev–Trinajstić information content (AvgIpc) is 2.80. The van der Waals surface area contributed by atoms with Gasteiger partial charge in [-0.25, -0.2) is 0 Å². The SMILES string of the molecule is Cc1ccc(NCc2cc3ccccc3s2)c(N)c1. The Morgan fingerprint density at radius 2 is 1.95 bits per heavy atom. The van der Waals surface area contributed by atoms with E-state index in [9.17, 15) is 0 Å². The molecule has 0 fully saturated rings. The van der Waals surface area contributed by atoms with Crippen molar-refractivity contribution in [3.8, 4) is 0 Å². The molecule has 0 saturated carbocycles. The van der Waals surface area contributed by atoms with Crippen molar-refractivity contribution in [2.24, 2.45) is 0 Å². The Balaban J connectivity index is 1.78. The van der Waals surface area contributed by atoms with Crippen LogP contribution >= 0.6 is 11.3 Å². The number of rotatable bonds is 3. The number of aryl methyl sites for hydroxylation is 1. The van der Waals surface area contributed by atoms with E-state index in [1.807, 2.05) is 30.4 Å². The fourth-order valence-corrected chi connectivity index (χ4v) is 3.15. The van der Waals surface area contributed by atoms with Crippen LogP contribution in [0.5, 0.6) is 0 Å². The first kappa shape index (κ1) is 12.1. The number of thiophene rings is 1. The minimum absolute atomic E-state index is 0.807. The highest BCUT2D eigenvalue weighted by atomic mass is 32.1. The number of benzene rings is 2. The fourth-order valence-electron chi connectivity index (χ4n) is 2.15. The van der Waals surface area contributed by atoms with Crippen LogP contribution in [0.15, 0.2) is 48.5 Å². The molecule has 19 heavy (non-hydrogen) atoms. The third kappa shape index (κ3) is 2.56. The number of nitrogens with two attached hydrogens (primary N) is 1. The molecule has 0 unspecified atom stereocenters. The minimum atomic E-state index is 0.807. The Bertz CT molecular complexity index is 683. The van der Waals surface area contributed by atoms with Crippen LogP contribution in [0.25, 0.3) is 10.1 Å². The van der Waals surface area contributed by atoms with Gasteiger partial charge in [0.15, 0.2) is 0 Å². The molecule has 3 heteroatoms. The summed E-state index contributed by atoms with van der Waals surface area (Å²) in [7, 11) is 0. The quantitative estimate of drug-likeness (QED) is 0.691. The van der Waals surface area contributed by atoms with Gasteiger partial charge in [-0.15, -0.1) is 11.3 Å². The van der Waals surface area contributed by atoms with Crippen molar-refractivity contribution in [3.63, 3.8) is 0 Å². The summed E-state index contributed by atoms with van der Waals surface area (Å²) >= 11 is 1.82. The van der Waals surface area contributed by atoms with Gasteiger partial charge in [-0.3, -0.25) is 0 Å². The van der Waals surface area contributed by atoms with Gasteiger partial charge < -0.3 is 11.1 Å². The highest BCUT2D eigenvalue weighted by Crippen LogP contribution is 2.27. The summed E-state index contributed by atoms with van der Waals surface area (Å²) < 4.78 is 1.33. The topological polar surface area (TPSA) is 38.0 Å². The zero-order chi connectivity index (χ0) is 13.2. The van der Waals surface area contributed by atoms with Crippen LogP contribution in [-0.4, -0.2) is 0 Å². The molecule has 0 aliphatic heterocycles. The number of nitrogens with one attached hydrogen (secondary N) is 1. The fraction of sp³-hybridized carbons (Fsp3) is 0.125. The highest BCUT2D eigenvalue weighted by Gasteiger charge is 2.03. The summed E-state index contributed by atoms with van der Waals surface area (Å²) in [6, 6.07) is 16.8. The first-order chi connectivity index (χ1) is 9.22. The second-order valence-corrected chi connectivity index (χ2v) is 5.86. The predicted molar refractivity (Wildman–Crippen MR) is 84.7 cm³/mol. The molecule has 0 bridgehead atoms. The smallest absolute Gasteiger partial charge is 0.0577 e. The van der Waals surface area contributed by atoms with Gasteiger partial charge in [-0.1, -0.05) is 24.3 Å². The molecule has 0 spiro atoms. The number of hydrogen-bond acceptors (Lipinski definition) is 3. The molecule has 1 aromatic heterocycles. The highest BCUT2D eigenvalue weighted by molar-refractivity contribution is 7.19. The molecule has 0 aliphatic rings. The Morgan fingerprint density at radius 3 is 2.74 bits per heavy atom. The molecular weight excluding hydrogens is 252 g/mol. The van der Waals surface area contributed by atoms with Crippen molar-refractivity contribution in [2.45, 2.75) is 13.5 Å². The van der Waals surface area contributed by atoms with Gasteiger partial charge in [0, 0.05) is 16.1 Å². The van der Waals surface area contributed by atoms with E-state index in [2.05, 4.69) is 41.7 Å². The lowest BCUT2D eigenvalue weighted by Crippen LogP contribution is -2.01. The van der Waals surface area contributed by atoms with E-state index < -0.39 is 0 Å². The number of fused-ring (bicyclic) bond motifs is 1. The Hall–Kier alpha value is -2.00. The van der Waals surface area contributed by atoms with Crippen LogP contribution < -0.4 is 11.1 Å². The minimum Gasteiger partial charge on any atom is -0.397 e. The summed E-state index contributed by atoms with van der Waals surface area (Å²) in [5, 5.41) is 4.71. The first-order valence-electron chi connectivity index (χ1n) is 6.30. The lowest BCUT2D eigenvalue weighted by Gasteiger charge is -2.08. The second kappa shape index (κ2) is 4.94. The van der Waals surface area contributed by atoms with Crippen molar-refractivity contribution in [1.29, 1.82) is 0 Å². The van der Waals surface area contributed by atoms with Gasteiger partial charge in [-0.2, -0.15) is 0 Å². The summed E-state index contributed by atoms with van der Waals surface area (Å²) in [4.78, 5) is 1.32. The van der Waals surface area contributed by atoms with Gasteiger partial charge in [0.05, 0.1) is 11.4 Å². The van der Waals surface area contributed by atoms with Crippen molar-refractivity contribution in [3.05, 3.63) is 59.0 Å². The first-order valence-corrected chi connectivity index (χ1v) is 7.11. The van der Waals surface area contributed by atoms with E-state index in [-0.39, 0.29) is 0 Å². The van der Waals surface area contributed by atoms with Crippen LogP contribution in [0.4, 0.5) is 11.4 Å². The number of anilines is 2. The van der Waals surface area contributed by atoms with E-state index in [1.54, 1.807) is 0 Å². The Kier molecular flexibility index (Phi) is 3.13. The van der Waals surface area contributed by atoms with E-state index >= 15 is 0 Å². The average molecular weight is 268 g/mol. The van der Waals surface area contributed by atoms with Crippen molar-refractivity contribution in [2.75, 3.05) is 11.1 Å². The normalized spacial score (nSPS) is 10.8. The molecule has 0 aliphatic carbocycles. The maximum atomic E-state index is 6.00. The van der Waals surface area contributed by atoms with Crippen LogP contribution in [0.1, 0.15) is 10.4 Å². The largest absolute Gasteiger partial charge is 0.397 e. The summed E-state index contributed by atoms with van der Waals surface area (Å²) in [6.45, 7) is 2.86. The van der Waals surface area contributed by atoms with Crippen molar-refractivity contribution >= 4 is 32.8 Å². The Morgan fingerprint density at radius 1 is 1.11 bits per heavy atom. The van der Waals surface area contributed by atoms with Gasteiger partial charge in [-0.05, 0) is 42.1 Å². The van der Waals surface area contributed by atoms with Crippen LogP contribution in [0.2, 0.25) is 0 Å². The van der Waals surface area contributed by atoms with Gasteiger partial charge in [0.2, 0.25) is 0 Å². The van der Waals surface area contributed by atoms with Gasteiger partial charge in [0.25, 0.3) is 0 Å². The molecule has 96 valence electrons. The van der Waals surface area contributed by atoms with Gasteiger partial charge in [0.1, 0.15) is 0 Å². The lowest BCUT2D eigenvalue weighted by atomic mass is 10.2. The molecule has 3 N–H and O–H groups in total. The third-order valence-electron chi connectivity index (χ3n) is 3.14. The molecule has 1 heterocycles. The molecular formula is C16H16N2S. The molecule has 3 rings (SSSR count). The zero-order valence-corrected chi connectivity index (χ0v) is 11.6. The maximum Gasteiger partial charge on any atom is 0.0577 e. The van der Waals surface area contributed by atoms with E-state index in [4.69, 9.17) is 5.73 Å². The molecule has 0 radical (unpaired) electrons. The number of hydrogen-bond donors (Lipinski definition) is 2. The summed E-state index contributed by atoms with van der Waals surface area (Å²) in [5.41, 5.74) is 9.00. The second-order valence-electron chi connectivity index (χ2n) is 4.69. The van der Waals surface area contributed by atoms with E-state index in [0.717, 1.165) is 17.9 Å².